The van der Waals surface area contributed by atoms with Crippen LogP contribution in [-0.4, -0.2) is 74.2 Å². The summed E-state index contributed by atoms with van der Waals surface area (Å²) in [5.41, 5.74) is 0.455. The summed E-state index contributed by atoms with van der Waals surface area (Å²) in [7, 11) is 1.77. The first-order chi connectivity index (χ1) is 9.54. The van der Waals surface area contributed by atoms with Crippen LogP contribution in [0.25, 0.3) is 0 Å². The smallest absolute Gasteiger partial charge is 0.165 e. The molecule has 110 valence electrons. The monoisotopic (exact) mass is 283 g/mol. The van der Waals surface area contributed by atoms with Gasteiger partial charge in [-0.1, -0.05) is 0 Å². The highest BCUT2D eigenvalue weighted by atomic mass is 16.6. The second-order valence-electron chi connectivity index (χ2n) is 4.96. The average Bonchev–Trinajstić information content (AvgIpc) is 2.98. The number of anilines is 1. The lowest BCUT2D eigenvalue weighted by Crippen LogP contribution is -2.38. The maximum absolute atomic E-state index is 10.0. The van der Waals surface area contributed by atoms with Crippen molar-refractivity contribution in [3.8, 4) is 0 Å². The summed E-state index contributed by atoms with van der Waals surface area (Å²) in [6.45, 7) is 0.0594. The Kier molecular flexibility index (Phi) is 3.13. The molecule has 1 saturated heterocycles. The van der Waals surface area contributed by atoms with E-state index in [9.17, 15) is 10.2 Å². The maximum atomic E-state index is 10.0. The predicted octanol–water partition coefficient (Wildman–Crippen LogP) is -1.87. The van der Waals surface area contributed by atoms with Gasteiger partial charge in [-0.25, -0.2) is 4.98 Å². The number of rotatable bonds is 2. The van der Waals surface area contributed by atoms with Crippen molar-refractivity contribution in [3.63, 3.8) is 0 Å². The molecule has 0 saturated carbocycles. The number of nitrogens with zero attached hydrogens (tertiary/aromatic N) is 3. The molecule has 0 bridgehead atoms. The molecule has 3 heterocycles. The Morgan fingerprint density at radius 2 is 2.25 bits per heavy atom. The van der Waals surface area contributed by atoms with Gasteiger partial charge in [0, 0.05) is 7.05 Å². The number of aliphatic hydroxyl groups excluding tert-OH is 3. The minimum Gasteiger partial charge on any atom is -0.394 e. The molecule has 0 aromatic carbocycles. The molecule has 20 heavy (non-hydrogen) atoms. The van der Waals surface area contributed by atoms with Gasteiger partial charge in [0.2, 0.25) is 0 Å². The highest BCUT2D eigenvalue weighted by Gasteiger charge is 2.44. The van der Waals surface area contributed by atoms with E-state index >= 15 is 0 Å². The van der Waals surface area contributed by atoms with Gasteiger partial charge in [-0.15, -0.1) is 0 Å². The van der Waals surface area contributed by atoms with E-state index in [1.807, 2.05) is 0 Å². The van der Waals surface area contributed by atoms with Crippen molar-refractivity contribution in [1.82, 2.24) is 14.5 Å². The van der Waals surface area contributed by atoms with E-state index in [0.29, 0.717) is 18.2 Å². The SMILES string of the molecule is CN1CNc2c(ncn2[C@@H]2O[C@H](CO)[C@@H](O)[C@H]2O)C1=N. The van der Waals surface area contributed by atoms with Crippen molar-refractivity contribution in [2.45, 2.75) is 24.5 Å². The molecule has 3 rings (SSSR count). The highest BCUT2D eigenvalue weighted by Crippen LogP contribution is 2.33. The zero-order valence-electron chi connectivity index (χ0n) is 10.9. The maximum Gasteiger partial charge on any atom is 0.165 e. The van der Waals surface area contributed by atoms with Crippen molar-refractivity contribution in [2.75, 3.05) is 25.6 Å². The van der Waals surface area contributed by atoms with Gasteiger partial charge in [-0.3, -0.25) is 9.98 Å². The number of imidazole rings is 1. The highest BCUT2D eigenvalue weighted by molar-refractivity contribution is 6.00. The first kappa shape index (κ1) is 13.3. The summed E-state index contributed by atoms with van der Waals surface area (Å²) in [4.78, 5) is 5.83. The van der Waals surface area contributed by atoms with Gasteiger partial charge < -0.3 is 30.3 Å². The number of hydrogen-bond donors (Lipinski definition) is 5. The molecule has 0 amide bonds. The first-order valence-corrected chi connectivity index (χ1v) is 6.27. The van der Waals surface area contributed by atoms with E-state index in [2.05, 4.69) is 10.3 Å². The molecule has 2 aliphatic heterocycles. The van der Waals surface area contributed by atoms with Crippen molar-refractivity contribution in [3.05, 3.63) is 12.0 Å². The summed E-state index contributed by atoms with van der Waals surface area (Å²) in [6.07, 6.45) is -2.55. The molecule has 4 atom stereocenters. The standard InChI is InChI=1S/C11H17N5O4/c1-15-3-14-10-6(9(15)12)13-4-16(10)11-8(19)7(18)5(2-17)20-11/h4-5,7-8,11-12,14,17-19H,2-3H2,1H3/t5-,7-,8-,11-/m1/s1. The lowest BCUT2D eigenvalue weighted by atomic mass is 10.1. The Morgan fingerprint density at radius 1 is 1.50 bits per heavy atom. The van der Waals surface area contributed by atoms with Gasteiger partial charge in [0.15, 0.2) is 12.1 Å². The molecule has 0 radical (unpaired) electrons. The zero-order chi connectivity index (χ0) is 14.4. The minimum atomic E-state index is -1.17. The van der Waals surface area contributed by atoms with Crippen LogP contribution in [-0.2, 0) is 4.74 Å². The molecule has 0 unspecified atom stereocenters. The molecule has 5 N–H and O–H groups in total. The van der Waals surface area contributed by atoms with Crippen molar-refractivity contribution in [1.29, 1.82) is 5.41 Å². The molecular formula is C11H17N5O4. The number of ether oxygens (including phenoxy) is 1. The van der Waals surface area contributed by atoms with Gasteiger partial charge in [0.25, 0.3) is 0 Å². The number of aliphatic hydroxyl groups is 3. The third-order valence-corrected chi connectivity index (χ3v) is 3.67. The zero-order valence-corrected chi connectivity index (χ0v) is 10.9. The van der Waals surface area contributed by atoms with Gasteiger partial charge in [-0.2, -0.15) is 0 Å². The minimum absolute atomic E-state index is 0.268. The van der Waals surface area contributed by atoms with Crippen LogP contribution < -0.4 is 5.32 Å². The van der Waals surface area contributed by atoms with Crippen LogP contribution in [0.2, 0.25) is 0 Å². The summed E-state index contributed by atoms with van der Waals surface area (Å²) in [6, 6.07) is 0. The van der Waals surface area contributed by atoms with Crippen LogP contribution in [0, 0.1) is 5.41 Å². The van der Waals surface area contributed by atoms with E-state index in [0.717, 1.165) is 0 Å². The van der Waals surface area contributed by atoms with Crippen molar-refractivity contribution < 1.29 is 20.1 Å². The third kappa shape index (κ3) is 1.79. The normalized spacial score (nSPS) is 33.2. The second-order valence-corrected chi connectivity index (χ2v) is 4.96. The Hall–Kier alpha value is -1.68. The first-order valence-electron chi connectivity index (χ1n) is 6.27. The fraction of sp³-hybridized carbons (Fsp3) is 0.636. The van der Waals surface area contributed by atoms with Crippen LogP contribution >= 0.6 is 0 Å². The quantitative estimate of drug-likeness (QED) is 0.430. The summed E-state index contributed by atoms with van der Waals surface area (Å²) in [5.74, 6) is 0.826. The molecule has 9 nitrogen and oxygen atoms in total. The number of hydrogen-bond acceptors (Lipinski definition) is 7. The van der Waals surface area contributed by atoms with Crippen LogP contribution in [0.5, 0.6) is 0 Å². The topological polar surface area (TPSA) is 127 Å². The third-order valence-electron chi connectivity index (χ3n) is 3.67. The van der Waals surface area contributed by atoms with Crippen LogP contribution in [0.3, 0.4) is 0 Å². The lowest BCUT2D eigenvalue weighted by Gasteiger charge is -2.28. The van der Waals surface area contributed by atoms with Crippen molar-refractivity contribution in [2.24, 2.45) is 0 Å². The fourth-order valence-electron chi connectivity index (χ4n) is 2.47. The molecule has 1 aromatic heterocycles. The molecule has 9 heteroatoms. The predicted molar refractivity (Wildman–Crippen MR) is 68.3 cm³/mol. The van der Waals surface area contributed by atoms with Crippen molar-refractivity contribution >= 4 is 11.7 Å². The van der Waals surface area contributed by atoms with Gasteiger partial charge in [-0.05, 0) is 0 Å². The molecule has 1 fully saturated rings. The molecular weight excluding hydrogens is 266 g/mol. The van der Waals surface area contributed by atoms with Crippen LogP contribution in [0.15, 0.2) is 6.33 Å². The summed E-state index contributed by atoms with van der Waals surface area (Å²) >= 11 is 0. The Balaban J connectivity index is 1.93. The van der Waals surface area contributed by atoms with Crippen LogP contribution in [0.4, 0.5) is 5.82 Å². The summed E-state index contributed by atoms with van der Waals surface area (Å²) in [5, 5.41) is 39.9. The van der Waals surface area contributed by atoms with E-state index in [4.69, 9.17) is 15.3 Å². The molecule has 1 aromatic rings. The number of aromatic nitrogens is 2. The van der Waals surface area contributed by atoms with E-state index in [-0.39, 0.29) is 12.4 Å². The Bertz CT molecular complexity index is 533. The van der Waals surface area contributed by atoms with Crippen LogP contribution in [0.1, 0.15) is 11.9 Å². The lowest BCUT2D eigenvalue weighted by molar-refractivity contribution is -0.0519. The van der Waals surface area contributed by atoms with E-state index in [1.54, 1.807) is 16.5 Å². The number of nitrogens with one attached hydrogen (secondary N) is 2. The molecule has 0 aliphatic carbocycles. The second kappa shape index (κ2) is 4.70. The average molecular weight is 283 g/mol. The largest absolute Gasteiger partial charge is 0.394 e. The Labute approximate surface area is 114 Å². The van der Waals surface area contributed by atoms with Gasteiger partial charge >= 0.3 is 0 Å². The number of amidine groups is 1. The van der Waals surface area contributed by atoms with Gasteiger partial charge in [0.05, 0.1) is 19.6 Å². The molecule has 0 spiro atoms. The van der Waals surface area contributed by atoms with E-state index in [1.165, 1.54) is 6.33 Å². The number of fused-ring (bicyclic) bond motifs is 1. The van der Waals surface area contributed by atoms with E-state index < -0.39 is 24.5 Å². The van der Waals surface area contributed by atoms with Gasteiger partial charge in [0.1, 0.15) is 29.8 Å². The fourth-order valence-corrected chi connectivity index (χ4v) is 2.47. The summed E-state index contributed by atoms with van der Waals surface area (Å²) < 4.78 is 7.00. The Morgan fingerprint density at radius 3 is 2.90 bits per heavy atom. The molecule has 2 aliphatic rings.